The molecule has 0 fully saturated rings. The molecule has 2 rings (SSSR count). The lowest BCUT2D eigenvalue weighted by Gasteiger charge is -2.12. The number of para-hydroxylation sites is 1. The lowest BCUT2D eigenvalue weighted by Crippen LogP contribution is -2.24. The summed E-state index contributed by atoms with van der Waals surface area (Å²) in [6, 6.07) is 9.57. The normalized spacial score (nSPS) is 11.1. The number of nitrogens with one attached hydrogen (secondary N) is 2. The number of rotatable bonds is 6. The van der Waals surface area contributed by atoms with Crippen LogP contribution in [0.3, 0.4) is 0 Å². The maximum Gasteiger partial charge on any atom is 0.259 e. The first-order valence-corrected chi connectivity index (χ1v) is 8.61. The SMILES string of the molecule is CCNS(=O)(=O)c1ccc(OC)c(C(=O)Nc2ccccc2F)c1. The first kappa shape index (κ1) is 17.9. The number of anilines is 1. The van der Waals surface area contributed by atoms with E-state index in [0.29, 0.717) is 0 Å². The van der Waals surface area contributed by atoms with Crippen molar-refractivity contribution in [2.24, 2.45) is 0 Å². The third-order valence-electron chi connectivity index (χ3n) is 3.18. The largest absolute Gasteiger partial charge is 0.496 e. The van der Waals surface area contributed by atoms with Crippen LogP contribution in [-0.4, -0.2) is 28.0 Å². The van der Waals surface area contributed by atoms with E-state index in [9.17, 15) is 17.6 Å². The van der Waals surface area contributed by atoms with Crippen LogP contribution in [0, 0.1) is 5.82 Å². The van der Waals surface area contributed by atoms with Crippen molar-refractivity contribution in [3.63, 3.8) is 0 Å². The van der Waals surface area contributed by atoms with Crippen molar-refractivity contribution in [1.82, 2.24) is 4.72 Å². The summed E-state index contributed by atoms with van der Waals surface area (Å²) in [6.45, 7) is 1.86. The van der Waals surface area contributed by atoms with Crippen molar-refractivity contribution in [3.05, 3.63) is 53.8 Å². The van der Waals surface area contributed by atoms with E-state index in [0.717, 1.165) is 0 Å². The van der Waals surface area contributed by atoms with Gasteiger partial charge in [0.05, 0.1) is 23.3 Å². The first-order valence-electron chi connectivity index (χ1n) is 7.12. The molecule has 0 unspecified atom stereocenters. The molecule has 8 heteroatoms. The Morgan fingerprint density at radius 1 is 1.21 bits per heavy atom. The number of carbonyl (C=O) groups is 1. The number of methoxy groups -OCH3 is 1. The van der Waals surface area contributed by atoms with Crippen molar-refractivity contribution < 1.29 is 22.3 Å². The minimum atomic E-state index is -3.73. The van der Waals surface area contributed by atoms with Gasteiger partial charge in [-0.3, -0.25) is 4.79 Å². The van der Waals surface area contributed by atoms with Gasteiger partial charge in [0.15, 0.2) is 0 Å². The van der Waals surface area contributed by atoms with Crippen molar-refractivity contribution in [2.45, 2.75) is 11.8 Å². The van der Waals surface area contributed by atoms with Gasteiger partial charge in [-0.2, -0.15) is 0 Å². The number of ether oxygens (including phenoxy) is 1. The minimum absolute atomic E-state index is 0.00973. The molecule has 0 spiro atoms. The lowest BCUT2D eigenvalue weighted by molar-refractivity contribution is 0.102. The monoisotopic (exact) mass is 352 g/mol. The highest BCUT2D eigenvalue weighted by Gasteiger charge is 2.20. The van der Waals surface area contributed by atoms with Gasteiger partial charge in [-0.1, -0.05) is 19.1 Å². The fourth-order valence-electron chi connectivity index (χ4n) is 2.06. The van der Waals surface area contributed by atoms with Gasteiger partial charge in [0.2, 0.25) is 10.0 Å². The molecule has 0 radical (unpaired) electrons. The summed E-state index contributed by atoms with van der Waals surface area (Å²) in [5.74, 6) is -1.09. The van der Waals surface area contributed by atoms with Crippen molar-refractivity contribution >= 4 is 21.6 Å². The highest BCUT2D eigenvalue weighted by Crippen LogP contribution is 2.24. The molecule has 0 aliphatic heterocycles. The Morgan fingerprint density at radius 3 is 2.54 bits per heavy atom. The molecule has 1 amide bonds. The number of hydrogen-bond acceptors (Lipinski definition) is 4. The summed E-state index contributed by atoms with van der Waals surface area (Å²) in [5.41, 5.74) is -0.0239. The molecule has 0 heterocycles. The zero-order valence-corrected chi connectivity index (χ0v) is 14.0. The molecule has 0 saturated carbocycles. The number of carbonyl (C=O) groups excluding carboxylic acids is 1. The third-order valence-corrected chi connectivity index (χ3v) is 4.73. The van der Waals surface area contributed by atoms with Gasteiger partial charge in [-0.15, -0.1) is 0 Å². The molecule has 2 N–H and O–H groups in total. The molecule has 2 aromatic carbocycles. The van der Waals surface area contributed by atoms with Gasteiger partial charge in [-0.25, -0.2) is 17.5 Å². The Kier molecular flexibility index (Phi) is 5.53. The van der Waals surface area contributed by atoms with Crippen LogP contribution in [0.5, 0.6) is 5.75 Å². The Hall–Kier alpha value is -2.45. The quantitative estimate of drug-likeness (QED) is 0.836. The Labute approximate surface area is 139 Å². The van der Waals surface area contributed by atoms with E-state index in [1.54, 1.807) is 13.0 Å². The number of halogens is 1. The highest BCUT2D eigenvalue weighted by molar-refractivity contribution is 7.89. The van der Waals surface area contributed by atoms with Crippen LogP contribution in [0.4, 0.5) is 10.1 Å². The van der Waals surface area contributed by atoms with Gasteiger partial charge in [0.1, 0.15) is 11.6 Å². The summed E-state index contributed by atoms with van der Waals surface area (Å²) >= 11 is 0. The molecule has 128 valence electrons. The Morgan fingerprint density at radius 2 is 1.92 bits per heavy atom. The summed E-state index contributed by atoms with van der Waals surface area (Å²) in [4.78, 5) is 12.3. The Balaban J connectivity index is 2.41. The molecule has 0 saturated heterocycles. The van der Waals surface area contributed by atoms with Gasteiger partial charge in [0.25, 0.3) is 5.91 Å². The maximum atomic E-state index is 13.7. The lowest BCUT2D eigenvalue weighted by atomic mass is 10.2. The average molecular weight is 352 g/mol. The molecule has 0 aromatic heterocycles. The second-order valence-corrected chi connectivity index (χ2v) is 6.56. The van der Waals surface area contributed by atoms with Crippen LogP contribution in [-0.2, 0) is 10.0 Å². The first-order chi connectivity index (χ1) is 11.4. The standard InChI is InChI=1S/C16H17FN2O4S/c1-3-18-24(21,22)11-8-9-15(23-2)12(10-11)16(20)19-14-7-5-4-6-13(14)17/h4-10,18H,3H2,1-2H3,(H,19,20). The van der Waals surface area contributed by atoms with Gasteiger partial charge in [-0.05, 0) is 30.3 Å². The zero-order chi connectivity index (χ0) is 17.7. The molecule has 0 aliphatic carbocycles. The molecular weight excluding hydrogens is 335 g/mol. The molecule has 0 atom stereocenters. The number of sulfonamides is 1. The van der Waals surface area contributed by atoms with E-state index < -0.39 is 21.7 Å². The summed E-state index contributed by atoms with van der Waals surface area (Å²) in [6.07, 6.45) is 0. The molecular formula is C16H17FN2O4S. The van der Waals surface area contributed by atoms with Crippen LogP contribution in [0.1, 0.15) is 17.3 Å². The topological polar surface area (TPSA) is 84.5 Å². The fraction of sp³-hybridized carbons (Fsp3) is 0.188. The van der Waals surface area contributed by atoms with Crippen molar-refractivity contribution in [1.29, 1.82) is 0 Å². The third kappa shape index (κ3) is 3.90. The van der Waals surface area contributed by atoms with E-state index >= 15 is 0 Å². The van der Waals surface area contributed by atoms with Crippen LogP contribution < -0.4 is 14.8 Å². The van der Waals surface area contributed by atoms with Gasteiger partial charge in [0, 0.05) is 6.54 Å². The molecule has 0 aliphatic rings. The second kappa shape index (κ2) is 7.41. The maximum absolute atomic E-state index is 13.7. The number of hydrogen-bond donors (Lipinski definition) is 2. The van der Waals surface area contributed by atoms with Crippen molar-refractivity contribution in [2.75, 3.05) is 19.0 Å². The van der Waals surface area contributed by atoms with Crippen molar-refractivity contribution in [3.8, 4) is 5.75 Å². The van der Waals surface area contributed by atoms with E-state index in [4.69, 9.17) is 4.74 Å². The summed E-state index contributed by atoms with van der Waals surface area (Å²) < 4.78 is 45.2. The van der Waals surface area contributed by atoms with E-state index in [1.807, 2.05) is 0 Å². The second-order valence-electron chi connectivity index (χ2n) is 4.80. The van der Waals surface area contributed by atoms with E-state index in [2.05, 4.69) is 10.0 Å². The fourth-order valence-corrected chi connectivity index (χ4v) is 3.12. The molecule has 6 nitrogen and oxygen atoms in total. The summed E-state index contributed by atoms with van der Waals surface area (Å²) in [7, 11) is -2.38. The highest BCUT2D eigenvalue weighted by atomic mass is 32.2. The molecule has 0 bridgehead atoms. The summed E-state index contributed by atoms with van der Waals surface area (Å²) in [5, 5.41) is 2.40. The van der Waals surface area contributed by atoms with Crippen LogP contribution in [0.15, 0.2) is 47.4 Å². The van der Waals surface area contributed by atoms with Gasteiger partial charge >= 0.3 is 0 Å². The Bertz CT molecular complexity index is 853. The number of amides is 1. The number of benzene rings is 2. The molecule has 24 heavy (non-hydrogen) atoms. The van der Waals surface area contributed by atoms with Crippen LogP contribution >= 0.6 is 0 Å². The predicted molar refractivity (Wildman–Crippen MR) is 88.2 cm³/mol. The minimum Gasteiger partial charge on any atom is -0.496 e. The molecule has 2 aromatic rings. The van der Waals surface area contributed by atoms with Crippen LogP contribution in [0.25, 0.3) is 0 Å². The smallest absolute Gasteiger partial charge is 0.259 e. The van der Waals surface area contributed by atoms with E-state index in [1.165, 1.54) is 43.5 Å². The van der Waals surface area contributed by atoms with E-state index in [-0.39, 0.29) is 28.4 Å². The predicted octanol–water partition coefficient (Wildman–Crippen LogP) is 2.38. The average Bonchev–Trinajstić information content (AvgIpc) is 2.56. The van der Waals surface area contributed by atoms with Crippen LogP contribution in [0.2, 0.25) is 0 Å². The zero-order valence-electron chi connectivity index (χ0n) is 13.2. The van der Waals surface area contributed by atoms with Gasteiger partial charge < -0.3 is 10.1 Å².